The molecule has 0 bridgehead atoms. The van der Waals surface area contributed by atoms with Gasteiger partial charge in [0, 0.05) is 20.2 Å². The molecule has 0 atom stereocenters. The summed E-state index contributed by atoms with van der Waals surface area (Å²) in [5, 5.41) is 20.2. The van der Waals surface area contributed by atoms with Crippen LogP contribution in [0.4, 0.5) is 5.82 Å². The molecular weight excluding hydrogens is 221 g/mol. The highest BCUT2D eigenvalue weighted by atomic mass is 16.4. The van der Waals surface area contributed by atoms with Crippen molar-refractivity contribution in [3.05, 3.63) is 30.1 Å². The van der Waals surface area contributed by atoms with Crippen LogP contribution in [0, 0.1) is 0 Å². The summed E-state index contributed by atoms with van der Waals surface area (Å²) in [5.74, 6) is 0.805. The number of carbonyl (C=O) groups excluding carboxylic acids is 1. The van der Waals surface area contributed by atoms with Crippen molar-refractivity contribution in [3.63, 3.8) is 0 Å². The van der Waals surface area contributed by atoms with Crippen LogP contribution in [0.1, 0.15) is 12.7 Å². The molecule has 1 aromatic heterocycles. The Morgan fingerprint density at radius 2 is 2.29 bits per heavy atom. The topological polar surface area (TPSA) is 87.4 Å². The molecule has 0 radical (unpaired) electrons. The number of amides is 1. The molecule has 0 aliphatic carbocycles. The van der Waals surface area contributed by atoms with Crippen LogP contribution in [0.15, 0.2) is 24.3 Å². The first-order valence-corrected chi connectivity index (χ1v) is 4.94. The first-order valence-electron chi connectivity index (χ1n) is 4.94. The number of hydrogen-bond acceptors (Lipinski definition) is 4. The number of nitrogens with zero attached hydrogens (tertiary/aromatic N) is 2. The van der Waals surface area contributed by atoms with Gasteiger partial charge in [0.1, 0.15) is 5.82 Å². The zero-order valence-corrected chi connectivity index (χ0v) is 9.71. The van der Waals surface area contributed by atoms with Gasteiger partial charge in [0.25, 0.3) is 0 Å². The molecule has 3 N–H and O–H groups in total. The average molecular weight is 235 g/mol. The number of aryl methyl sites for hydroxylation is 1. The van der Waals surface area contributed by atoms with Crippen LogP contribution in [0.3, 0.4) is 0 Å². The highest BCUT2D eigenvalue weighted by Crippen LogP contribution is 2.09. The van der Waals surface area contributed by atoms with Crippen LogP contribution >= 0.6 is 0 Å². The third-order valence-corrected chi connectivity index (χ3v) is 1.99. The number of aromatic nitrogens is 2. The number of anilines is 1. The fraction of sp³-hybridized carbons (Fsp3) is 0.200. The second-order valence-electron chi connectivity index (χ2n) is 3.56. The number of imidazole rings is 1. The van der Waals surface area contributed by atoms with Crippen LogP contribution in [0.25, 0.3) is 6.08 Å². The van der Waals surface area contributed by atoms with E-state index in [9.17, 15) is 4.79 Å². The maximum absolute atomic E-state index is 10.8. The van der Waals surface area contributed by atoms with Gasteiger partial charge in [-0.15, -0.1) is 0 Å². The Bertz CT molecular complexity index is 465. The summed E-state index contributed by atoms with van der Waals surface area (Å²) < 4.78 is 1.69. The fourth-order valence-electron chi connectivity index (χ4n) is 1.14. The van der Waals surface area contributed by atoms with E-state index in [0.29, 0.717) is 11.6 Å². The van der Waals surface area contributed by atoms with E-state index in [2.05, 4.69) is 16.9 Å². The molecule has 0 saturated heterocycles. The van der Waals surface area contributed by atoms with Crippen LogP contribution < -0.4 is 5.32 Å². The Hall–Kier alpha value is -1.86. The standard InChI is InChI=1S/C10H14BN3O3/c1-7(11(16)17)4-5-10-13-9(6-14(10)3)12-8(2)15/h4-6,16-17H,1H2,2-3H3,(H,12,15)/b5-4-. The van der Waals surface area contributed by atoms with Gasteiger partial charge in [0.15, 0.2) is 5.82 Å². The third kappa shape index (κ3) is 3.89. The summed E-state index contributed by atoms with van der Waals surface area (Å²) in [6, 6.07) is 0. The number of hydrogen-bond donors (Lipinski definition) is 3. The maximum Gasteiger partial charge on any atom is 0.487 e. The van der Waals surface area contributed by atoms with Gasteiger partial charge in [0.2, 0.25) is 5.91 Å². The SMILES string of the molecule is C=C(/C=C\c1nc(NC(C)=O)cn1C)B(O)O. The predicted octanol–water partition coefficient (Wildman–Crippen LogP) is -0.0401. The Labute approximate surface area is 99.4 Å². The highest BCUT2D eigenvalue weighted by Gasteiger charge is 2.09. The van der Waals surface area contributed by atoms with E-state index < -0.39 is 7.12 Å². The Morgan fingerprint density at radius 1 is 1.65 bits per heavy atom. The second-order valence-corrected chi connectivity index (χ2v) is 3.56. The molecule has 0 unspecified atom stereocenters. The van der Waals surface area contributed by atoms with E-state index in [1.807, 2.05) is 0 Å². The minimum atomic E-state index is -1.58. The second kappa shape index (κ2) is 5.47. The van der Waals surface area contributed by atoms with Gasteiger partial charge in [-0.25, -0.2) is 4.98 Å². The Kier molecular flexibility index (Phi) is 4.25. The molecule has 6 nitrogen and oxygen atoms in total. The third-order valence-electron chi connectivity index (χ3n) is 1.99. The lowest BCUT2D eigenvalue weighted by molar-refractivity contribution is -0.114. The Balaban J connectivity index is 2.81. The molecule has 90 valence electrons. The van der Waals surface area contributed by atoms with Gasteiger partial charge in [-0.1, -0.05) is 12.7 Å². The zero-order chi connectivity index (χ0) is 13.0. The molecule has 0 aliphatic rings. The van der Waals surface area contributed by atoms with Crippen molar-refractivity contribution in [3.8, 4) is 0 Å². The van der Waals surface area contributed by atoms with Crippen molar-refractivity contribution in [2.24, 2.45) is 7.05 Å². The van der Waals surface area contributed by atoms with Crippen LogP contribution in [0.5, 0.6) is 0 Å². The first-order chi connectivity index (χ1) is 7.90. The molecule has 1 amide bonds. The predicted molar refractivity (Wildman–Crippen MR) is 65.9 cm³/mol. The lowest BCUT2D eigenvalue weighted by Crippen LogP contribution is -2.12. The smallest absolute Gasteiger partial charge is 0.423 e. The molecule has 1 heterocycles. The summed E-state index contributed by atoms with van der Waals surface area (Å²) >= 11 is 0. The van der Waals surface area contributed by atoms with Crippen molar-refractivity contribution < 1.29 is 14.8 Å². The van der Waals surface area contributed by atoms with Gasteiger partial charge in [-0.2, -0.15) is 0 Å². The average Bonchev–Trinajstić information content (AvgIpc) is 2.54. The van der Waals surface area contributed by atoms with Gasteiger partial charge >= 0.3 is 7.12 Å². The monoisotopic (exact) mass is 235 g/mol. The van der Waals surface area contributed by atoms with E-state index in [0.717, 1.165) is 0 Å². The molecule has 0 fully saturated rings. The molecular formula is C10H14BN3O3. The van der Waals surface area contributed by atoms with Gasteiger partial charge < -0.3 is 19.9 Å². The zero-order valence-electron chi connectivity index (χ0n) is 9.71. The molecule has 1 aromatic rings. The summed E-state index contributed by atoms with van der Waals surface area (Å²) in [4.78, 5) is 15.0. The summed E-state index contributed by atoms with van der Waals surface area (Å²) in [6.45, 7) is 4.86. The van der Waals surface area contributed by atoms with E-state index in [1.54, 1.807) is 23.9 Å². The lowest BCUT2D eigenvalue weighted by atomic mass is 9.80. The Morgan fingerprint density at radius 3 is 2.82 bits per heavy atom. The molecule has 7 heteroatoms. The summed E-state index contributed by atoms with van der Waals surface area (Å²) in [5.41, 5.74) is 0.161. The minimum Gasteiger partial charge on any atom is -0.423 e. The van der Waals surface area contributed by atoms with Crippen molar-refractivity contribution in [2.75, 3.05) is 5.32 Å². The van der Waals surface area contributed by atoms with Crippen molar-refractivity contribution in [2.45, 2.75) is 6.92 Å². The largest absolute Gasteiger partial charge is 0.487 e. The number of nitrogens with one attached hydrogen (secondary N) is 1. The minimum absolute atomic E-state index is 0.161. The quantitative estimate of drug-likeness (QED) is 0.504. The normalized spacial score (nSPS) is 10.6. The van der Waals surface area contributed by atoms with Crippen molar-refractivity contribution in [1.29, 1.82) is 0 Å². The summed E-state index contributed by atoms with van der Waals surface area (Å²) in [6.07, 6.45) is 4.68. The van der Waals surface area contributed by atoms with E-state index in [-0.39, 0.29) is 11.4 Å². The first kappa shape index (κ1) is 13.2. The van der Waals surface area contributed by atoms with E-state index in [1.165, 1.54) is 13.0 Å². The van der Waals surface area contributed by atoms with Crippen molar-refractivity contribution in [1.82, 2.24) is 9.55 Å². The van der Waals surface area contributed by atoms with Gasteiger partial charge in [-0.3, -0.25) is 4.79 Å². The number of carbonyl (C=O) groups is 1. The molecule has 0 aliphatic heterocycles. The number of rotatable bonds is 4. The lowest BCUT2D eigenvalue weighted by Gasteiger charge is -1.96. The molecule has 0 saturated carbocycles. The molecule has 1 rings (SSSR count). The van der Waals surface area contributed by atoms with Gasteiger partial charge in [0.05, 0.1) is 0 Å². The van der Waals surface area contributed by atoms with E-state index >= 15 is 0 Å². The summed E-state index contributed by atoms with van der Waals surface area (Å²) in [7, 11) is 0.178. The highest BCUT2D eigenvalue weighted by molar-refractivity contribution is 6.51. The van der Waals surface area contributed by atoms with Crippen LogP contribution in [-0.2, 0) is 11.8 Å². The van der Waals surface area contributed by atoms with Crippen molar-refractivity contribution >= 4 is 24.9 Å². The van der Waals surface area contributed by atoms with Crippen LogP contribution in [0.2, 0.25) is 0 Å². The van der Waals surface area contributed by atoms with Crippen LogP contribution in [-0.4, -0.2) is 32.6 Å². The maximum atomic E-state index is 10.8. The fourth-order valence-corrected chi connectivity index (χ4v) is 1.14. The van der Waals surface area contributed by atoms with E-state index in [4.69, 9.17) is 10.0 Å². The number of allylic oxidation sites excluding steroid dienone is 2. The molecule has 17 heavy (non-hydrogen) atoms. The molecule has 0 aromatic carbocycles. The molecule has 0 spiro atoms. The van der Waals surface area contributed by atoms with Gasteiger partial charge in [-0.05, 0) is 11.5 Å².